The molecule has 2 heterocycles. The second-order valence-corrected chi connectivity index (χ2v) is 5.04. The first-order valence-corrected chi connectivity index (χ1v) is 6.78. The van der Waals surface area contributed by atoms with Crippen LogP contribution in [0.4, 0.5) is 0 Å². The Morgan fingerprint density at radius 1 is 1.58 bits per heavy atom. The Balaban J connectivity index is 2.34. The number of fused-ring (bicyclic) bond motifs is 1. The Bertz CT molecular complexity index is 579. The Morgan fingerprint density at radius 2 is 2.37 bits per heavy atom. The van der Waals surface area contributed by atoms with Gasteiger partial charge in [0, 0.05) is 12.7 Å². The molecule has 0 aliphatic rings. The van der Waals surface area contributed by atoms with Crippen LogP contribution in [0, 0.1) is 0 Å². The third kappa shape index (κ3) is 3.04. The van der Waals surface area contributed by atoms with Crippen molar-refractivity contribution in [3.8, 4) is 0 Å². The minimum absolute atomic E-state index is 0.0310. The maximum Gasteiger partial charge on any atom is 0.240 e. The second-order valence-electron chi connectivity index (χ2n) is 4.39. The first-order chi connectivity index (χ1) is 9.13. The van der Waals surface area contributed by atoms with E-state index in [0.717, 1.165) is 17.5 Å². The molecule has 1 amide bonds. The third-order valence-electron chi connectivity index (χ3n) is 2.81. The number of pyridine rings is 1. The number of hydrogen-bond acceptors (Lipinski definition) is 3. The highest BCUT2D eigenvalue weighted by molar-refractivity contribution is 6.20. The van der Waals surface area contributed by atoms with Crippen molar-refractivity contribution in [3.63, 3.8) is 0 Å². The Morgan fingerprint density at radius 3 is 3.05 bits per heavy atom. The number of aromatic nitrogens is 3. The normalized spacial score (nSPS) is 12.6. The van der Waals surface area contributed by atoms with Crippen LogP contribution >= 0.6 is 11.6 Å². The van der Waals surface area contributed by atoms with Crippen molar-refractivity contribution in [1.82, 2.24) is 19.9 Å². The summed E-state index contributed by atoms with van der Waals surface area (Å²) < 4.78 is 1.85. The van der Waals surface area contributed by atoms with E-state index in [1.54, 1.807) is 12.4 Å². The number of rotatable bonds is 5. The minimum Gasteiger partial charge on any atom is -0.355 e. The molecule has 1 N–H and O–H groups in total. The van der Waals surface area contributed by atoms with Gasteiger partial charge in [-0.1, -0.05) is 6.92 Å². The summed E-state index contributed by atoms with van der Waals surface area (Å²) in [5.41, 5.74) is 1.64. The van der Waals surface area contributed by atoms with E-state index in [4.69, 9.17) is 11.6 Å². The molecule has 0 aliphatic carbocycles. The summed E-state index contributed by atoms with van der Waals surface area (Å²) in [6.45, 7) is 4.77. The van der Waals surface area contributed by atoms with Crippen LogP contribution in [-0.4, -0.2) is 27.0 Å². The van der Waals surface area contributed by atoms with Gasteiger partial charge in [0.1, 0.15) is 17.9 Å². The first kappa shape index (κ1) is 13.8. The van der Waals surface area contributed by atoms with E-state index in [1.807, 2.05) is 24.5 Å². The molecule has 2 aromatic heterocycles. The van der Waals surface area contributed by atoms with E-state index in [-0.39, 0.29) is 17.8 Å². The molecule has 2 rings (SSSR count). The van der Waals surface area contributed by atoms with E-state index in [2.05, 4.69) is 15.3 Å². The van der Waals surface area contributed by atoms with E-state index < -0.39 is 0 Å². The van der Waals surface area contributed by atoms with Crippen LogP contribution in [0.25, 0.3) is 11.0 Å². The molecule has 0 saturated carbocycles. The standard InChI is InChI=1S/C13H17ClN4O/c1-3-5-16-12(19)8-18-11-4-6-15-7-10(11)17-13(18)9(2)14/h4,6-7,9H,3,5,8H2,1-2H3,(H,16,19). The predicted molar refractivity (Wildman–Crippen MR) is 75.1 cm³/mol. The molecular formula is C13H17ClN4O. The lowest BCUT2D eigenvalue weighted by Gasteiger charge is -2.10. The van der Waals surface area contributed by atoms with Crippen LogP contribution < -0.4 is 5.32 Å². The van der Waals surface area contributed by atoms with Crippen molar-refractivity contribution in [2.75, 3.05) is 6.54 Å². The van der Waals surface area contributed by atoms with Gasteiger partial charge in [0.2, 0.25) is 5.91 Å². The molecule has 0 aliphatic heterocycles. The molecule has 0 aromatic carbocycles. The van der Waals surface area contributed by atoms with Gasteiger partial charge in [-0.05, 0) is 19.4 Å². The van der Waals surface area contributed by atoms with Crippen molar-refractivity contribution in [2.24, 2.45) is 0 Å². The fourth-order valence-electron chi connectivity index (χ4n) is 1.93. The number of amides is 1. The summed E-state index contributed by atoms with van der Waals surface area (Å²) in [6.07, 6.45) is 4.28. The molecule has 0 radical (unpaired) electrons. The smallest absolute Gasteiger partial charge is 0.240 e. The van der Waals surface area contributed by atoms with Crippen LogP contribution in [0.3, 0.4) is 0 Å². The summed E-state index contributed by atoms with van der Waals surface area (Å²) in [5, 5.41) is 2.60. The fraction of sp³-hybridized carbons (Fsp3) is 0.462. The van der Waals surface area contributed by atoms with Crippen LogP contribution in [0.15, 0.2) is 18.5 Å². The largest absolute Gasteiger partial charge is 0.355 e. The maximum absolute atomic E-state index is 11.9. The van der Waals surface area contributed by atoms with Gasteiger partial charge < -0.3 is 9.88 Å². The van der Waals surface area contributed by atoms with Crippen LogP contribution in [0.5, 0.6) is 0 Å². The van der Waals surface area contributed by atoms with Crippen molar-refractivity contribution in [3.05, 3.63) is 24.3 Å². The summed E-state index contributed by atoms with van der Waals surface area (Å²) in [5.74, 6) is 0.660. The molecule has 1 unspecified atom stereocenters. The molecule has 102 valence electrons. The van der Waals surface area contributed by atoms with Crippen molar-refractivity contribution < 1.29 is 4.79 Å². The van der Waals surface area contributed by atoms with Gasteiger partial charge in [-0.25, -0.2) is 4.98 Å². The minimum atomic E-state index is -0.258. The third-order valence-corrected chi connectivity index (χ3v) is 3.00. The van der Waals surface area contributed by atoms with Crippen molar-refractivity contribution in [2.45, 2.75) is 32.2 Å². The van der Waals surface area contributed by atoms with Crippen LogP contribution in [0.1, 0.15) is 31.5 Å². The monoisotopic (exact) mass is 280 g/mol. The summed E-state index contributed by atoms with van der Waals surface area (Å²) in [7, 11) is 0. The Kier molecular flexibility index (Phi) is 4.37. The Labute approximate surface area is 117 Å². The first-order valence-electron chi connectivity index (χ1n) is 6.34. The zero-order valence-corrected chi connectivity index (χ0v) is 11.8. The van der Waals surface area contributed by atoms with Gasteiger partial charge in [-0.15, -0.1) is 11.6 Å². The lowest BCUT2D eigenvalue weighted by atomic mass is 10.4. The molecule has 0 spiro atoms. The second kappa shape index (κ2) is 6.02. The number of nitrogens with one attached hydrogen (secondary N) is 1. The van der Waals surface area contributed by atoms with Crippen molar-refractivity contribution in [1.29, 1.82) is 0 Å². The highest BCUT2D eigenvalue weighted by atomic mass is 35.5. The quantitative estimate of drug-likeness (QED) is 0.855. The average molecular weight is 281 g/mol. The number of halogens is 1. The summed E-state index contributed by atoms with van der Waals surface area (Å²) in [6, 6.07) is 1.85. The predicted octanol–water partition coefficient (Wildman–Crippen LogP) is 2.26. The summed E-state index contributed by atoms with van der Waals surface area (Å²) >= 11 is 6.13. The van der Waals surface area contributed by atoms with Crippen LogP contribution in [-0.2, 0) is 11.3 Å². The lowest BCUT2D eigenvalue weighted by molar-refractivity contribution is -0.121. The highest BCUT2D eigenvalue weighted by Crippen LogP contribution is 2.23. The topological polar surface area (TPSA) is 59.8 Å². The van der Waals surface area contributed by atoms with Gasteiger partial charge in [0.15, 0.2) is 0 Å². The number of hydrogen-bond donors (Lipinski definition) is 1. The zero-order valence-electron chi connectivity index (χ0n) is 11.1. The molecule has 0 saturated heterocycles. The SMILES string of the molecule is CCCNC(=O)Cn1c(C(C)Cl)nc2cnccc21. The molecule has 2 aromatic rings. The molecule has 0 fully saturated rings. The molecule has 0 bridgehead atoms. The zero-order chi connectivity index (χ0) is 13.8. The fourth-order valence-corrected chi connectivity index (χ4v) is 2.10. The lowest BCUT2D eigenvalue weighted by Crippen LogP contribution is -2.28. The van der Waals surface area contributed by atoms with E-state index in [1.165, 1.54) is 0 Å². The van der Waals surface area contributed by atoms with Crippen molar-refractivity contribution >= 4 is 28.5 Å². The molecule has 6 heteroatoms. The molecular weight excluding hydrogens is 264 g/mol. The number of alkyl halides is 1. The number of nitrogens with zero attached hydrogens (tertiary/aromatic N) is 3. The molecule has 19 heavy (non-hydrogen) atoms. The highest BCUT2D eigenvalue weighted by Gasteiger charge is 2.16. The molecule has 5 nitrogen and oxygen atoms in total. The maximum atomic E-state index is 11.9. The van der Waals surface area contributed by atoms with E-state index >= 15 is 0 Å². The van der Waals surface area contributed by atoms with Gasteiger partial charge in [0.25, 0.3) is 0 Å². The number of imidazole rings is 1. The van der Waals surface area contributed by atoms with Gasteiger partial charge >= 0.3 is 0 Å². The molecule has 1 atom stereocenters. The number of carbonyl (C=O) groups is 1. The summed E-state index contributed by atoms with van der Waals surface area (Å²) in [4.78, 5) is 20.3. The average Bonchev–Trinajstić information content (AvgIpc) is 2.76. The van der Waals surface area contributed by atoms with Gasteiger partial charge in [-0.3, -0.25) is 9.78 Å². The van der Waals surface area contributed by atoms with Crippen LogP contribution in [0.2, 0.25) is 0 Å². The van der Waals surface area contributed by atoms with E-state index in [0.29, 0.717) is 12.4 Å². The number of carbonyl (C=O) groups excluding carboxylic acids is 1. The van der Waals surface area contributed by atoms with Gasteiger partial charge in [-0.2, -0.15) is 0 Å². The van der Waals surface area contributed by atoms with E-state index in [9.17, 15) is 4.79 Å². The Hall–Kier alpha value is -1.62. The van der Waals surface area contributed by atoms with Gasteiger partial charge in [0.05, 0.1) is 17.1 Å².